The zero-order valence-corrected chi connectivity index (χ0v) is 44.4. The Bertz CT molecular complexity index is 2140. The number of esters is 1. The minimum Gasteiger partial charge on any atom is -0.479 e. The van der Waals surface area contributed by atoms with Gasteiger partial charge < -0.3 is 104 Å². The fraction of sp³-hybridized carbons (Fsp3) is 0.925. The second-order valence-electron chi connectivity index (χ2n) is 25.8. The first-order valence-corrected chi connectivity index (χ1v) is 27.2. The Morgan fingerprint density at radius 3 is 1.66 bits per heavy atom. The molecular weight excluding hydrogens is 1000 g/mol. The monoisotopic (exact) mass is 1090 g/mol. The molecule has 8 fully saturated rings. The van der Waals surface area contributed by atoms with Gasteiger partial charge >= 0.3 is 11.9 Å². The van der Waals surface area contributed by atoms with E-state index in [0.717, 1.165) is 25.7 Å². The molecule has 0 bridgehead atoms. The van der Waals surface area contributed by atoms with Gasteiger partial charge in [0.05, 0.1) is 31.3 Å². The normalized spacial score (nSPS) is 52.8. The van der Waals surface area contributed by atoms with Crippen LogP contribution < -0.4 is 0 Å². The van der Waals surface area contributed by atoms with Crippen molar-refractivity contribution < 1.29 is 114 Å². The van der Waals surface area contributed by atoms with Crippen LogP contribution in [-0.4, -0.2) is 221 Å². The van der Waals surface area contributed by atoms with Crippen molar-refractivity contribution >= 4 is 11.9 Å². The second kappa shape index (κ2) is 21.0. The number of fused-ring (bicyclic) bond motifs is 7. The van der Waals surface area contributed by atoms with E-state index in [9.17, 15) is 76.0 Å². The maximum atomic E-state index is 14.8. The van der Waals surface area contributed by atoms with Crippen LogP contribution in [0, 0.1) is 50.2 Å². The Labute approximate surface area is 442 Å². The fourth-order valence-electron chi connectivity index (χ4n) is 16.3. The van der Waals surface area contributed by atoms with Gasteiger partial charge in [-0.15, -0.1) is 0 Å². The molecule has 0 aromatic rings. The summed E-state index contributed by atoms with van der Waals surface area (Å²) < 4.78 is 47.6. The summed E-state index contributed by atoms with van der Waals surface area (Å²) in [5, 5.41) is 138. The minimum absolute atomic E-state index is 0.0281. The lowest BCUT2D eigenvalue weighted by Crippen LogP contribution is -2.68. The molecule has 23 heteroatoms. The van der Waals surface area contributed by atoms with Gasteiger partial charge in [-0.1, -0.05) is 60.1 Å². The molecule has 5 unspecified atom stereocenters. The van der Waals surface area contributed by atoms with Crippen LogP contribution >= 0.6 is 0 Å². The summed E-state index contributed by atoms with van der Waals surface area (Å²) in [6.45, 7) is 13.5. The highest BCUT2D eigenvalue weighted by molar-refractivity contribution is 5.79. The van der Waals surface area contributed by atoms with Crippen molar-refractivity contribution in [2.45, 2.75) is 235 Å². The smallest absolute Gasteiger partial charge is 0.335 e. The van der Waals surface area contributed by atoms with Crippen LogP contribution in [0.5, 0.6) is 0 Å². The van der Waals surface area contributed by atoms with Gasteiger partial charge in [0, 0.05) is 0 Å². The molecule has 0 aromatic carbocycles. The predicted octanol–water partition coefficient (Wildman–Crippen LogP) is -1.30. The number of carbonyl (C=O) groups is 2. The number of aliphatic carboxylic acids is 1. The number of rotatable bonds is 12. The highest BCUT2D eigenvalue weighted by Crippen LogP contribution is 2.76. The van der Waals surface area contributed by atoms with Crippen molar-refractivity contribution in [3.63, 3.8) is 0 Å². The van der Waals surface area contributed by atoms with Gasteiger partial charge in [0.2, 0.25) is 6.29 Å². The Balaban J connectivity index is 0.970. The number of aliphatic hydroxyl groups excluding tert-OH is 12. The number of allylic oxidation sites excluding steroid dienone is 2. The maximum absolute atomic E-state index is 14.8. The molecule has 13 N–H and O–H groups in total. The molecule has 27 atom stereocenters. The molecule has 9 rings (SSSR count). The van der Waals surface area contributed by atoms with E-state index in [-0.39, 0.29) is 39.4 Å². The Kier molecular flexibility index (Phi) is 16.2. The third kappa shape index (κ3) is 9.33. The molecule has 4 heterocycles. The number of carboxylic acids is 1. The van der Waals surface area contributed by atoms with Crippen molar-refractivity contribution in [3.05, 3.63) is 11.6 Å². The highest BCUT2D eigenvalue weighted by Gasteiger charge is 2.70. The van der Waals surface area contributed by atoms with E-state index < -0.39 is 165 Å². The van der Waals surface area contributed by atoms with E-state index >= 15 is 0 Å². The van der Waals surface area contributed by atoms with Gasteiger partial charge in [0.25, 0.3) is 0 Å². The number of carboxylic acid groups (broad SMARTS) is 1. The molecule has 434 valence electrons. The van der Waals surface area contributed by atoms with Crippen molar-refractivity contribution in [2.75, 3.05) is 19.8 Å². The molecule has 0 amide bonds. The zero-order chi connectivity index (χ0) is 55.6. The van der Waals surface area contributed by atoms with Crippen molar-refractivity contribution in [3.8, 4) is 0 Å². The molecule has 4 aliphatic heterocycles. The van der Waals surface area contributed by atoms with E-state index in [4.69, 9.17) is 37.9 Å². The van der Waals surface area contributed by atoms with Crippen LogP contribution in [0.1, 0.15) is 113 Å². The van der Waals surface area contributed by atoms with Crippen LogP contribution in [-0.2, 0) is 47.5 Å². The van der Waals surface area contributed by atoms with E-state index in [1.807, 2.05) is 0 Å². The Morgan fingerprint density at radius 2 is 1.08 bits per heavy atom. The first-order valence-electron chi connectivity index (χ1n) is 27.2. The molecule has 5 aliphatic carbocycles. The van der Waals surface area contributed by atoms with Gasteiger partial charge in [0.1, 0.15) is 85.5 Å². The van der Waals surface area contributed by atoms with Crippen LogP contribution in [0.2, 0.25) is 0 Å². The SMILES string of the molecule is CC1(C)CC[C@]2(C(=O)O[C@H]3O[C@@H](CO)[C@@H](O)[C@H](O)[C@@H]3O)CCC3(C)C(=CCC4[C@@]5(C)CCC(O[C@@H]6O[C@H](C(=O)O)[C@@H](O[C@@H]7O[C@@H](CO)[C@@H](O)[C@H]7O)[C@@H](O[C@@H]7O[C@H](CO)[C@@H](O)[C@@H](O)[C@H]7O)[C@H]6O)C(C)(C)C5CC[C@]43C)C2C1. The second-order valence-corrected chi connectivity index (χ2v) is 25.8. The lowest BCUT2D eigenvalue weighted by atomic mass is 9.33. The first-order chi connectivity index (χ1) is 35.5. The number of carbonyl (C=O) groups excluding carboxylic acids is 1. The molecule has 0 radical (unpaired) electrons. The fourth-order valence-corrected chi connectivity index (χ4v) is 16.3. The lowest BCUT2D eigenvalue weighted by molar-refractivity contribution is -0.378. The molecule has 4 saturated carbocycles. The molecule has 23 nitrogen and oxygen atoms in total. The minimum atomic E-state index is -2.03. The predicted molar refractivity (Wildman–Crippen MR) is 257 cm³/mol. The van der Waals surface area contributed by atoms with Crippen molar-refractivity contribution in [1.29, 1.82) is 0 Å². The molecule has 0 spiro atoms. The largest absolute Gasteiger partial charge is 0.479 e. The maximum Gasteiger partial charge on any atom is 0.335 e. The van der Waals surface area contributed by atoms with E-state index in [1.165, 1.54) is 5.57 Å². The average Bonchev–Trinajstić information content (AvgIpc) is 3.66. The van der Waals surface area contributed by atoms with E-state index in [1.54, 1.807) is 0 Å². The number of aliphatic hydroxyl groups is 12. The summed E-state index contributed by atoms with van der Waals surface area (Å²) in [6, 6.07) is 0. The standard InChI is InChI=1S/C53H84O23/c1-48(2)14-16-53(47(68)76-45-37(64)34(61)31(58)25(20-55)71-45)17-15-51(6)22(23(53)18-48)8-9-28-50(5)12-11-29(49(3,4)27(50)10-13-52(28,51)7)72-46-38(65)39(73-44-36(63)33(60)30(57)24(19-54)69-44)40(41(75-46)42(66)67)74-43-35(62)32(59)26(21-56)70-43/h8,23-41,43-46,54-65H,9-21H2,1-7H3,(H,66,67)/t23?,24-,25+,26+,27?,28?,29?,30-,31-,32-,33-,34+,35-,36-,37+,38-,39+,40+,41+,43+,44+,45-,46-,50+,51?,52-,53+/m1/s1. The molecule has 0 aromatic heterocycles. The summed E-state index contributed by atoms with van der Waals surface area (Å²) in [4.78, 5) is 27.9. The Hall–Kier alpha value is -2.08. The topological polar surface area (TPSA) is 371 Å². The average molecular weight is 1090 g/mol. The third-order valence-electron chi connectivity index (χ3n) is 21.0. The molecular formula is C53H84O23. The Morgan fingerprint density at radius 1 is 0.566 bits per heavy atom. The summed E-state index contributed by atoms with van der Waals surface area (Å²) >= 11 is 0. The highest BCUT2D eigenvalue weighted by atomic mass is 16.8. The summed E-state index contributed by atoms with van der Waals surface area (Å²) in [5.41, 5.74) is -1.33. The van der Waals surface area contributed by atoms with Crippen LogP contribution in [0.4, 0.5) is 0 Å². The van der Waals surface area contributed by atoms with Gasteiger partial charge in [-0.05, 0) is 109 Å². The number of hydrogen-bond acceptors (Lipinski definition) is 22. The van der Waals surface area contributed by atoms with E-state index in [0.29, 0.717) is 38.5 Å². The summed E-state index contributed by atoms with van der Waals surface area (Å²) in [6.07, 6.45) is -24.5. The van der Waals surface area contributed by atoms with E-state index in [2.05, 4.69) is 54.5 Å². The summed E-state index contributed by atoms with van der Waals surface area (Å²) in [7, 11) is 0. The van der Waals surface area contributed by atoms with Gasteiger partial charge in [-0.3, -0.25) is 4.79 Å². The van der Waals surface area contributed by atoms with Crippen LogP contribution in [0.25, 0.3) is 0 Å². The number of hydrogen-bond donors (Lipinski definition) is 13. The van der Waals surface area contributed by atoms with Gasteiger partial charge in [-0.25, -0.2) is 4.79 Å². The van der Waals surface area contributed by atoms with Crippen LogP contribution in [0.15, 0.2) is 11.6 Å². The quantitative estimate of drug-likeness (QED) is 0.0613. The van der Waals surface area contributed by atoms with Gasteiger partial charge in [0.15, 0.2) is 25.0 Å². The molecule has 4 saturated heterocycles. The third-order valence-corrected chi connectivity index (χ3v) is 21.0. The van der Waals surface area contributed by atoms with Gasteiger partial charge in [-0.2, -0.15) is 0 Å². The first kappa shape index (κ1) is 58.6. The number of ether oxygens (including phenoxy) is 8. The van der Waals surface area contributed by atoms with Crippen molar-refractivity contribution in [2.24, 2.45) is 50.2 Å². The molecule has 9 aliphatic rings. The summed E-state index contributed by atoms with van der Waals surface area (Å²) in [5.74, 6) is -2.16. The molecule has 76 heavy (non-hydrogen) atoms. The van der Waals surface area contributed by atoms with Crippen molar-refractivity contribution in [1.82, 2.24) is 0 Å². The van der Waals surface area contributed by atoms with Crippen LogP contribution in [0.3, 0.4) is 0 Å². The zero-order valence-electron chi connectivity index (χ0n) is 44.4. The lowest BCUT2D eigenvalue weighted by Gasteiger charge is -2.71.